The number of likely N-dealkylation sites (tertiary alicyclic amines) is 1. The number of halogens is 1. The van der Waals surface area contributed by atoms with Crippen molar-refractivity contribution in [3.63, 3.8) is 0 Å². The third-order valence-electron chi connectivity index (χ3n) is 3.64. The Labute approximate surface area is 124 Å². The Morgan fingerprint density at radius 3 is 2.78 bits per heavy atom. The lowest BCUT2D eigenvalue weighted by Gasteiger charge is -2.26. The maximum absolute atomic E-state index is 3.57. The number of nitrogens with one attached hydrogen (secondary N) is 1. The summed E-state index contributed by atoms with van der Waals surface area (Å²) in [5.41, 5.74) is 2.81. The van der Waals surface area contributed by atoms with Gasteiger partial charge in [0.1, 0.15) is 0 Å². The zero-order chi connectivity index (χ0) is 12.8. The summed E-state index contributed by atoms with van der Waals surface area (Å²) in [6, 6.07) is 6.56. The molecule has 100 valence electrons. The normalized spacial score (nSPS) is 17.0. The molecule has 1 heterocycles. The fourth-order valence-corrected chi connectivity index (χ4v) is 3.04. The molecule has 2 rings (SSSR count). The molecule has 0 aromatic heterocycles. The Bertz CT molecular complexity index is 373. The molecule has 1 saturated heterocycles. The molecule has 1 aromatic rings. The summed E-state index contributed by atoms with van der Waals surface area (Å²) in [6.45, 7) is 8.06. The van der Waals surface area contributed by atoms with Crippen molar-refractivity contribution in [3.8, 4) is 0 Å². The lowest BCUT2D eigenvalue weighted by Crippen LogP contribution is -2.35. The minimum Gasteiger partial charge on any atom is -0.311 e. The van der Waals surface area contributed by atoms with Crippen molar-refractivity contribution < 1.29 is 0 Å². The summed E-state index contributed by atoms with van der Waals surface area (Å²) in [7, 11) is 0. The van der Waals surface area contributed by atoms with Crippen molar-refractivity contribution in [2.24, 2.45) is 0 Å². The van der Waals surface area contributed by atoms with Crippen LogP contribution in [0.25, 0.3) is 0 Å². The molecule has 18 heavy (non-hydrogen) atoms. The molecule has 2 nitrogen and oxygen atoms in total. The molecule has 1 N–H and O–H groups in total. The molecule has 0 amide bonds. The monoisotopic (exact) mass is 358 g/mol. The van der Waals surface area contributed by atoms with Crippen LogP contribution in [-0.4, -0.2) is 31.1 Å². The van der Waals surface area contributed by atoms with E-state index in [1.807, 2.05) is 0 Å². The Hall–Kier alpha value is -0.130. The Morgan fingerprint density at radius 1 is 1.22 bits per heavy atom. The van der Waals surface area contributed by atoms with Gasteiger partial charge in [0.25, 0.3) is 0 Å². The number of hydrogen-bond acceptors (Lipinski definition) is 2. The van der Waals surface area contributed by atoms with Crippen LogP contribution >= 0.6 is 22.6 Å². The maximum atomic E-state index is 3.57. The van der Waals surface area contributed by atoms with Gasteiger partial charge in [-0.1, -0.05) is 24.6 Å². The van der Waals surface area contributed by atoms with Crippen LogP contribution in [-0.2, 0) is 6.54 Å². The van der Waals surface area contributed by atoms with Crippen molar-refractivity contribution in [2.75, 3.05) is 26.2 Å². The van der Waals surface area contributed by atoms with E-state index in [0.717, 1.165) is 13.1 Å². The molecule has 1 aromatic carbocycles. The molecular weight excluding hydrogens is 335 g/mol. The first-order valence-electron chi connectivity index (χ1n) is 6.94. The molecule has 1 aliphatic heterocycles. The summed E-state index contributed by atoms with van der Waals surface area (Å²) < 4.78 is 1.40. The van der Waals surface area contributed by atoms with E-state index in [4.69, 9.17) is 0 Å². The summed E-state index contributed by atoms with van der Waals surface area (Å²) in [5, 5.41) is 3.57. The summed E-state index contributed by atoms with van der Waals surface area (Å²) in [6.07, 6.45) is 4.19. The van der Waals surface area contributed by atoms with Gasteiger partial charge in [0.2, 0.25) is 0 Å². The van der Waals surface area contributed by atoms with Crippen LogP contribution in [0.5, 0.6) is 0 Å². The molecular formula is C15H23IN2. The van der Waals surface area contributed by atoms with Crippen LogP contribution in [0.2, 0.25) is 0 Å². The van der Waals surface area contributed by atoms with E-state index in [2.05, 4.69) is 57.9 Å². The average molecular weight is 358 g/mol. The standard InChI is InChI=1S/C15H23IN2/c1-13-6-5-7-14(15(13)16)12-17-8-11-18-9-3-2-4-10-18/h5-7,17H,2-4,8-12H2,1H3. The number of nitrogens with zero attached hydrogens (tertiary/aromatic N) is 1. The molecule has 0 saturated carbocycles. The maximum Gasteiger partial charge on any atom is 0.0216 e. The van der Waals surface area contributed by atoms with Gasteiger partial charge in [-0.25, -0.2) is 0 Å². The first kappa shape index (κ1) is 14.3. The highest BCUT2D eigenvalue weighted by molar-refractivity contribution is 14.1. The van der Waals surface area contributed by atoms with Crippen molar-refractivity contribution >= 4 is 22.6 Å². The minimum absolute atomic E-state index is 0.994. The molecule has 1 fully saturated rings. The number of rotatable bonds is 5. The average Bonchev–Trinajstić information content (AvgIpc) is 2.40. The lowest BCUT2D eigenvalue weighted by atomic mass is 10.1. The molecule has 1 aliphatic rings. The number of aryl methyl sites for hydroxylation is 1. The van der Waals surface area contributed by atoms with Crippen molar-refractivity contribution in [3.05, 3.63) is 32.9 Å². The highest BCUT2D eigenvalue weighted by Crippen LogP contribution is 2.16. The second kappa shape index (κ2) is 7.46. The van der Waals surface area contributed by atoms with Gasteiger partial charge in [-0.3, -0.25) is 0 Å². The predicted octanol–water partition coefficient (Wildman–Crippen LogP) is 3.18. The summed E-state index contributed by atoms with van der Waals surface area (Å²) in [5.74, 6) is 0. The predicted molar refractivity (Wildman–Crippen MR) is 85.9 cm³/mol. The number of benzene rings is 1. The Balaban J connectivity index is 1.70. The smallest absolute Gasteiger partial charge is 0.0216 e. The van der Waals surface area contributed by atoms with Gasteiger partial charge in [0.05, 0.1) is 0 Å². The van der Waals surface area contributed by atoms with Gasteiger partial charge in [-0.15, -0.1) is 0 Å². The third-order valence-corrected chi connectivity index (χ3v) is 5.18. The van der Waals surface area contributed by atoms with Crippen molar-refractivity contribution in [1.82, 2.24) is 10.2 Å². The van der Waals surface area contributed by atoms with E-state index in [1.165, 1.54) is 53.6 Å². The SMILES string of the molecule is Cc1cccc(CNCCN2CCCCC2)c1I. The molecule has 0 unspecified atom stereocenters. The molecule has 3 heteroatoms. The zero-order valence-electron chi connectivity index (χ0n) is 11.2. The summed E-state index contributed by atoms with van der Waals surface area (Å²) in [4.78, 5) is 2.58. The quantitative estimate of drug-likeness (QED) is 0.643. The number of hydrogen-bond donors (Lipinski definition) is 1. The fraction of sp³-hybridized carbons (Fsp3) is 0.600. The molecule has 0 bridgehead atoms. The van der Waals surface area contributed by atoms with Gasteiger partial charge in [-0.05, 0) is 66.6 Å². The van der Waals surface area contributed by atoms with E-state index in [1.54, 1.807) is 0 Å². The van der Waals surface area contributed by atoms with E-state index in [-0.39, 0.29) is 0 Å². The second-order valence-electron chi connectivity index (χ2n) is 5.13. The van der Waals surface area contributed by atoms with Crippen LogP contribution in [0, 0.1) is 10.5 Å². The van der Waals surface area contributed by atoms with Crippen LogP contribution in [0.1, 0.15) is 30.4 Å². The zero-order valence-corrected chi connectivity index (χ0v) is 13.4. The molecule has 0 spiro atoms. The van der Waals surface area contributed by atoms with E-state index < -0.39 is 0 Å². The van der Waals surface area contributed by atoms with E-state index in [0.29, 0.717) is 0 Å². The van der Waals surface area contributed by atoms with Gasteiger partial charge in [0.15, 0.2) is 0 Å². The molecule has 0 aliphatic carbocycles. The third kappa shape index (κ3) is 4.21. The lowest BCUT2D eigenvalue weighted by molar-refractivity contribution is 0.229. The largest absolute Gasteiger partial charge is 0.311 e. The topological polar surface area (TPSA) is 15.3 Å². The Morgan fingerprint density at radius 2 is 2.00 bits per heavy atom. The van der Waals surface area contributed by atoms with E-state index >= 15 is 0 Å². The van der Waals surface area contributed by atoms with Gasteiger partial charge < -0.3 is 10.2 Å². The number of piperidine rings is 1. The van der Waals surface area contributed by atoms with Gasteiger partial charge in [-0.2, -0.15) is 0 Å². The Kier molecular flexibility index (Phi) is 5.92. The summed E-state index contributed by atoms with van der Waals surface area (Å²) >= 11 is 2.45. The van der Waals surface area contributed by atoms with E-state index in [9.17, 15) is 0 Å². The molecule has 0 atom stereocenters. The van der Waals surface area contributed by atoms with Crippen molar-refractivity contribution in [1.29, 1.82) is 0 Å². The van der Waals surface area contributed by atoms with Crippen LogP contribution in [0.3, 0.4) is 0 Å². The van der Waals surface area contributed by atoms with Crippen LogP contribution in [0.15, 0.2) is 18.2 Å². The molecule has 0 radical (unpaired) electrons. The fourth-order valence-electron chi connectivity index (χ4n) is 2.49. The van der Waals surface area contributed by atoms with Crippen LogP contribution < -0.4 is 5.32 Å². The van der Waals surface area contributed by atoms with Gasteiger partial charge >= 0.3 is 0 Å². The van der Waals surface area contributed by atoms with Crippen LogP contribution in [0.4, 0.5) is 0 Å². The first-order valence-corrected chi connectivity index (χ1v) is 8.02. The minimum atomic E-state index is 0.994. The highest BCUT2D eigenvalue weighted by atomic mass is 127. The van der Waals surface area contributed by atoms with Crippen molar-refractivity contribution in [2.45, 2.75) is 32.7 Å². The second-order valence-corrected chi connectivity index (χ2v) is 6.21. The van der Waals surface area contributed by atoms with Gasteiger partial charge in [0, 0.05) is 23.2 Å². The first-order chi connectivity index (χ1) is 8.77. The highest BCUT2D eigenvalue weighted by Gasteiger charge is 2.09.